The van der Waals surface area contributed by atoms with Crippen molar-refractivity contribution in [2.24, 2.45) is 0 Å². The van der Waals surface area contributed by atoms with Crippen molar-refractivity contribution < 1.29 is 23.9 Å². The van der Waals surface area contributed by atoms with Crippen molar-refractivity contribution in [2.45, 2.75) is 6.10 Å². The third-order valence-corrected chi connectivity index (χ3v) is 4.79. The van der Waals surface area contributed by atoms with Crippen LogP contribution in [-0.2, 0) is 9.59 Å². The molecule has 1 unspecified atom stereocenters. The van der Waals surface area contributed by atoms with E-state index in [9.17, 15) is 19.2 Å². The van der Waals surface area contributed by atoms with Crippen LogP contribution in [0, 0.1) is 0 Å². The van der Waals surface area contributed by atoms with E-state index in [1.807, 2.05) is 0 Å². The highest BCUT2D eigenvalue weighted by molar-refractivity contribution is 6.22. The molecule has 8 nitrogen and oxygen atoms in total. The van der Waals surface area contributed by atoms with E-state index in [0.29, 0.717) is 11.4 Å². The van der Waals surface area contributed by atoms with Crippen molar-refractivity contribution in [2.75, 3.05) is 25.0 Å². The van der Waals surface area contributed by atoms with Crippen molar-refractivity contribution in [3.8, 4) is 5.75 Å². The molecule has 1 atom stereocenters. The minimum Gasteiger partial charge on any atom is -0.477 e. The number of imide groups is 1. The molecule has 2 aromatic rings. The Morgan fingerprint density at radius 3 is 2.29 bits per heavy atom. The Morgan fingerprint density at radius 2 is 1.64 bits per heavy atom. The lowest BCUT2D eigenvalue weighted by atomic mass is 10.1. The van der Waals surface area contributed by atoms with Gasteiger partial charge in [0.25, 0.3) is 17.7 Å². The van der Waals surface area contributed by atoms with Crippen LogP contribution in [0.2, 0.25) is 0 Å². The molecule has 2 aliphatic heterocycles. The van der Waals surface area contributed by atoms with E-state index < -0.39 is 30.4 Å². The molecule has 0 spiro atoms. The lowest BCUT2D eigenvalue weighted by Gasteiger charge is -2.34. The van der Waals surface area contributed by atoms with Crippen LogP contribution in [0.4, 0.5) is 5.69 Å². The summed E-state index contributed by atoms with van der Waals surface area (Å²) >= 11 is 0. The summed E-state index contributed by atoms with van der Waals surface area (Å²) in [6, 6.07) is 13.3. The van der Waals surface area contributed by atoms with E-state index in [2.05, 4.69) is 5.32 Å². The summed E-state index contributed by atoms with van der Waals surface area (Å²) in [6.45, 7) is -0.431. The number of ether oxygens (including phenoxy) is 1. The zero-order valence-corrected chi connectivity index (χ0v) is 15.0. The maximum absolute atomic E-state index is 13.0. The second-order valence-corrected chi connectivity index (χ2v) is 6.43. The second-order valence-electron chi connectivity index (χ2n) is 6.43. The first-order valence-electron chi connectivity index (χ1n) is 8.74. The molecule has 4 rings (SSSR count). The van der Waals surface area contributed by atoms with Gasteiger partial charge in [-0.25, -0.2) is 0 Å². The van der Waals surface area contributed by atoms with Gasteiger partial charge in [0.2, 0.25) is 5.91 Å². The predicted molar refractivity (Wildman–Crippen MR) is 99.1 cm³/mol. The number of hydrogen-bond donors (Lipinski definition) is 1. The Morgan fingerprint density at radius 1 is 1.04 bits per heavy atom. The Labute approximate surface area is 160 Å². The lowest BCUT2D eigenvalue weighted by molar-refractivity contribution is -0.128. The SMILES string of the molecule is CNC(=O)C1CN(C(=O)CN2C(=O)c3ccccc3C2=O)c2ccccc2O1. The average Bonchev–Trinajstić information content (AvgIpc) is 2.97. The lowest BCUT2D eigenvalue weighted by Crippen LogP contribution is -2.52. The number of para-hydroxylation sites is 2. The van der Waals surface area contributed by atoms with Crippen molar-refractivity contribution in [3.63, 3.8) is 0 Å². The molecule has 2 aliphatic rings. The van der Waals surface area contributed by atoms with Crippen molar-refractivity contribution in [3.05, 3.63) is 59.7 Å². The van der Waals surface area contributed by atoms with Crippen molar-refractivity contribution in [1.29, 1.82) is 0 Å². The molecule has 0 saturated heterocycles. The van der Waals surface area contributed by atoms with Crippen molar-refractivity contribution in [1.82, 2.24) is 10.2 Å². The van der Waals surface area contributed by atoms with Crippen LogP contribution in [0.1, 0.15) is 20.7 Å². The zero-order chi connectivity index (χ0) is 19.8. The summed E-state index contributed by atoms with van der Waals surface area (Å²) in [4.78, 5) is 52.4. The predicted octanol–water partition coefficient (Wildman–Crippen LogP) is 0.823. The zero-order valence-electron chi connectivity index (χ0n) is 15.0. The molecule has 2 aromatic carbocycles. The summed E-state index contributed by atoms with van der Waals surface area (Å²) < 4.78 is 5.67. The molecule has 8 heteroatoms. The number of likely N-dealkylation sites (N-methyl/N-ethyl adjacent to an activating group) is 1. The number of anilines is 1. The quantitative estimate of drug-likeness (QED) is 0.797. The molecule has 142 valence electrons. The molecule has 28 heavy (non-hydrogen) atoms. The van der Waals surface area contributed by atoms with Crippen LogP contribution in [0.5, 0.6) is 5.75 Å². The highest BCUT2D eigenvalue weighted by Crippen LogP contribution is 2.33. The fourth-order valence-corrected chi connectivity index (χ4v) is 3.37. The molecule has 0 fully saturated rings. The number of fused-ring (bicyclic) bond motifs is 2. The number of hydrogen-bond acceptors (Lipinski definition) is 5. The van der Waals surface area contributed by atoms with Crippen LogP contribution in [-0.4, -0.2) is 54.8 Å². The molecule has 0 aliphatic carbocycles. The number of nitrogens with zero attached hydrogens (tertiary/aromatic N) is 2. The average molecular weight is 379 g/mol. The summed E-state index contributed by atoms with van der Waals surface area (Å²) in [7, 11) is 1.48. The topological polar surface area (TPSA) is 96.0 Å². The van der Waals surface area contributed by atoms with E-state index in [-0.39, 0.29) is 23.6 Å². The fourth-order valence-electron chi connectivity index (χ4n) is 3.37. The van der Waals surface area contributed by atoms with Gasteiger partial charge < -0.3 is 15.0 Å². The van der Waals surface area contributed by atoms with E-state index in [1.54, 1.807) is 48.5 Å². The van der Waals surface area contributed by atoms with Gasteiger partial charge >= 0.3 is 0 Å². The normalized spacial score (nSPS) is 17.7. The van der Waals surface area contributed by atoms with E-state index in [0.717, 1.165) is 4.90 Å². The largest absolute Gasteiger partial charge is 0.477 e. The van der Waals surface area contributed by atoms with E-state index >= 15 is 0 Å². The van der Waals surface area contributed by atoms with Crippen LogP contribution in [0.15, 0.2) is 48.5 Å². The van der Waals surface area contributed by atoms with Gasteiger partial charge in [-0.1, -0.05) is 24.3 Å². The minimum atomic E-state index is -0.883. The first kappa shape index (κ1) is 17.7. The highest BCUT2D eigenvalue weighted by atomic mass is 16.5. The van der Waals surface area contributed by atoms with Gasteiger partial charge in [-0.3, -0.25) is 24.1 Å². The summed E-state index contributed by atoms with van der Waals surface area (Å²) in [5, 5.41) is 2.50. The number of benzene rings is 2. The number of nitrogens with one attached hydrogen (secondary N) is 1. The van der Waals surface area contributed by atoms with Gasteiger partial charge in [-0.05, 0) is 24.3 Å². The Balaban J connectivity index is 1.60. The van der Waals surface area contributed by atoms with E-state index in [1.165, 1.54) is 11.9 Å². The number of amides is 4. The van der Waals surface area contributed by atoms with Crippen LogP contribution < -0.4 is 15.0 Å². The van der Waals surface area contributed by atoms with Gasteiger partial charge in [-0.15, -0.1) is 0 Å². The van der Waals surface area contributed by atoms with E-state index in [4.69, 9.17) is 4.74 Å². The highest BCUT2D eigenvalue weighted by Gasteiger charge is 2.39. The van der Waals surface area contributed by atoms with Crippen molar-refractivity contribution >= 4 is 29.3 Å². The van der Waals surface area contributed by atoms with Gasteiger partial charge in [-0.2, -0.15) is 0 Å². The Bertz CT molecular complexity index is 968. The van der Waals surface area contributed by atoms with Gasteiger partial charge in [0.05, 0.1) is 23.4 Å². The van der Waals surface area contributed by atoms with Gasteiger partial charge in [0.15, 0.2) is 6.10 Å². The third kappa shape index (κ3) is 2.79. The number of carbonyl (C=O) groups is 4. The molecule has 0 saturated carbocycles. The summed E-state index contributed by atoms with van der Waals surface area (Å²) in [5.74, 6) is -1.46. The van der Waals surface area contributed by atoms with Crippen LogP contribution >= 0.6 is 0 Å². The summed E-state index contributed by atoms with van der Waals surface area (Å²) in [6.07, 6.45) is -0.883. The number of rotatable bonds is 3. The maximum Gasteiger partial charge on any atom is 0.262 e. The number of carbonyl (C=O) groups excluding carboxylic acids is 4. The monoisotopic (exact) mass is 379 g/mol. The van der Waals surface area contributed by atoms with Crippen LogP contribution in [0.3, 0.4) is 0 Å². The molecule has 0 bridgehead atoms. The molecular formula is C20H17N3O5. The van der Waals surface area contributed by atoms with Crippen LogP contribution in [0.25, 0.3) is 0 Å². The molecule has 1 N–H and O–H groups in total. The molecule has 4 amide bonds. The first-order chi connectivity index (χ1) is 13.5. The Hall–Kier alpha value is -3.68. The third-order valence-electron chi connectivity index (χ3n) is 4.79. The Kier molecular flexibility index (Phi) is 4.31. The first-order valence-corrected chi connectivity index (χ1v) is 8.74. The molecular weight excluding hydrogens is 362 g/mol. The molecule has 2 heterocycles. The fraction of sp³-hybridized carbons (Fsp3) is 0.200. The summed E-state index contributed by atoms with van der Waals surface area (Å²) in [5.41, 5.74) is 1.06. The second kappa shape index (κ2) is 6.80. The standard InChI is InChI=1S/C20H17N3O5/c1-21-18(25)16-10-22(14-8-4-5-9-15(14)28-16)17(24)11-23-19(26)12-6-2-3-7-13(12)20(23)27/h2-9,16H,10-11H2,1H3,(H,21,25). The molecule has 0 aromatic heterocycles. The molecule has 0 radical (unpaired) electrons. The van der Waals surface area contributed by atoms with Gasteiger partial charge in [0, 0.05) is 7.05 Å². The maximum atomic E-state index is 13.0. The van der Waals surface area contributed by atoms with Gasteiger partial charge in [0.1, 0.15) is 12.3 Å². The smallest absolute Gasteiger partial charge is 0.262 e. The minimum absolute atomic E-state index is 0.0152.